The monoisotopic (exact) mass is 357 g/mol. The summed E-state index contributed by atoms with van der Waals surface area (Å²) < 4.78 is 0.0405. The molecule has 0 spiro atoms. The maximum absolute atomic E-state index is 12.5. The third-order valence-electron chi connectivity index (χ3n) is 3.58. The second-order valence-electron chi connectivity index (χ2n) is 4.93. The van der Waals surface area contributed by atoms with Crippen LogP contribution in [0.3, 0.4) is 0 Å². The number of alkyl halides is 2. The number of ketones is 1. The number of nitrogens with zero attached hydrogens (tertiary/aromatic N) is 2. The van der Waals surface area contributed by atoms with E-state index in [1.165, 1.54) is 0 Å². The van der Waals surface area contributed by atoms with Crippen molar-refractivity contribution in [3.8, 4) is 11.3 Å². The van der Waals surface area contributed by atoms with Gasteiger partial charge >= 0.3 is 0 Å². The zero-order chi connectivity index (χ0) is 16.1. The van der Waals surface area contributed by atoms with Crippen LogP contribution >= 0.6 is 34.8 Å². The number of primary amides is 1. The molecular formula is C14H10Cl3N3O2. The highest BCUT2D eigenvalue weighted by Gasteiger charge is 2.44. The minimum atomic E-state index is -1.59. The van der Waals surface area contributed by atoms with Crippen molar-refractivity contribution in [3.05, 3.63) is 40.8 Å². The second kappa shape index (κ2) is 5.26. The normalized spacial score (nSPS) is 16.4. The van der Waals surface area contributed by atoms with Crippen molar-refractivity contribution in [1.29, 1.82) is 0 Å². The summed E-state index contributed by atoms with van der Waals surface area (Å²) in [6.45, 7) is 0.339. The first-order chi connectivity index (χ1) is 10.3. The van der Waals surface area contributed by atoms with E-state index < -0.39 is 16.0 Å². The Morgan fingerprint density at radius 2 is 2.09 bits per heavy atom. The Kier molecular flexibility index (Phi) is 3.67. The largest absolute Gasteiger partial charge is 0.365 e. The Bertz CT molecular complexity index is 784. The number of pyridine rings is 1. The molecule has 0 bridgehead atoms. The molecule has 8 heteroatoms. The summed E-state index contributed by atoms with van der Waals surface area (Å²) in [5, 5.41) is 0.106. The standard InChI is InChI=1S/C14H10Cl3N3O2/c15-9-8(13(18)22)11-12(21)14(16,17)3-5-20(11)10(9)7-2-1-4-19-6-7/h1-2,4,6H,3,5H2,(H2,18,22). The van der Waals surface area contributed by atoms with Gasteiger partial charge in [0, 0.05) is 30.9 Å². The van der Waals surface area contributed by atoms with Crippen LogP contribution < -0.4 is 5.73 Å². The molecule has 2 aromatic heterocycles. The number of aromatic nitrogens is 2. The van der Waals surface area contributed by atoms with Gasteiger partial charge < -0.3 is 10.3 Å². The van der Waals surface area contributed by atoms with E-state index in [1.54, 1.807) is 29.1 Å². The summed E-state index contributed by atoms with van der Waals surface area (Å²) >= 11 is 18.4. The summed E-state index contributed by atoms with van der Waals surface area (Å²) in [4.78, 5) is 28.3. The molecule has 0 aliphatic carbocycles. The van der Waals surface area contributed by atoms with Gasteiger partial charge in [-0.1, -0.05) is 34.8 Å². The maximum atomic E-state index is 12.5. The molecule has 3 rings (SSSR count). The van der Waals surface area contributed by atoms with Crippen LogP contribution in [-0.2, 0) is 6.54 Å². The molecule has 0 radical (unpaired) electrons. The number of amides is 1. The van der Waals surface area contributed by atoms with Crippen molar-refractivity contribution < 1.29 is 9.59 Å². The van der Waals surface area contributed by atoms with E-state index in [-0.39, 0.29) is 22.7 Å². The van der Waals surface area contributed by atoms with E-state index in [2.05, 4.69) is 4.98 Å². The van der Waals surface area contributed by atoms with Crippen LogP contribution in [0, 0.1) is 0 Å². The van der Waals surface area contributed by atoms with Crippen LogP contribution in [0.25, 0.3) is 11.3 Å². The Hall–Kier alpha value is -1.56. The van der Waals surface area contributed by atoms with Gasteiger partial charge in [-0.25, -0.2) is 0 Å². The molecule has 2 N–H and O–H groups in total. The number of nitrogens with two attached hydrogens (primary N) is 1. The molecule has 1 aliphatic heterocycles. The SMILES string of the molecule is NC(=O)c1c(Cl)c(-c2cccnc2)n2c1C(=O)C(Cl)(Cl)CC2. The predicted molar refractivity (Wildman–Crippen MR) is 84.6 cm³/mol. The molecule has 0 atom stereocenters. The van der Waals surface area contributed by atoms with Crippen LogP contribution in [0.1, 0.15) is 27.3 Å². The topological polar surface area (TPSA) is 78.0 Å². The van der Waals surface area contributed by atoms with Crippen LogP contribution in [0.2, 0.25) is 5.02 Å². The minimum absolute atomic E-state index is 0.0487. The van der Waals surface area contributed by atoms with Crippen LogP contribution in [0.4, 0.5) is 0 Å². The molecule has 3 heterocycles. The molecule has 0 fully saturated rings. The Balaban J connectivity index is 2.34. The van der Waals surface area contributed by atoms with Gasteiger partial charge in [-0.05, 0) is 12.1 Å². The Morgan fingerprint density at radius 1 is 1.36 bits per heavy atom. The van der Waals surface area contributed by atoms with E-state index in [4.69, 9.17) is 40.5 Å². The van der Waals surface area contributed by atoms with Crippen molar-refractivity contribution in [1.82, 2.24) is 9.55 Å². The second-order valence-corrected chi connectivity index (χ2v) is 6.79. The Morgan fingerprint density at radius 3 is 2.68 bits per heavy atom. The van der Waals surface area contributed by atoms with Gasteiger partial charge in [0.15, 0.2) is 4.33 Å². The molecule has 22 heavy (non-hydrogen) atoms. The van der Waals surface area contributed by atoms with Gasteiger partial charge in [-0.15, -0.1) is 0 Å². The first-order valence-electron chi connectivity index (χ1n) is 6.39. The van der Waals surface area contributed by atoms with Crippen molar-refractivity contribution in [2.75, 3.05) is 0 Å². The molecule has 114 valence electrons. The van der Waals surface area contributed by atoms with Gasteiger partial charge in [-0.2, -0.15) is 0 Å². The van der Waals surface area contributed by atoms with Crippen LogP contribution in [0.5, 0.6) is 0 Å². The highest BCUT2D eigenvalue weighted by molar-refractivity contribution is 6.60. The number of hydrogen-bond donors (Lipinski definition) is 1. The number of carbonyl (C=O) groups excluding carboxylic acids is 2. The zero-order valence-electron chi connectivity index (χ0n) is 11.1. The zero-order valence-corrected chi connectivity index (χ0v) is 13.4. The van der Waals surface area contributed by atoms with Crippen molar-refractivity contribution in [3.63, 3.8) is 0 Å². The molecule has 1 aliphatic rings. The van der Waals surface area contributed by atoms with Crippen molar-refractivity contribution in [2.24, 2.45) is 5.73 Å². The lowest BCUT2D eigenvalue weighted by atomic mass is 10.0. The van der Waals surface area contributed by atoms with Gasteiger partial charge in [0.25, 0.3) is 5.91 Å². The van der Waals surface area contributed by atoms with E-state index in [9.17, 15) is 9.59 Å². The molecule has 1 amide bonds. The molecule has 0 unspecified atom stereocenters. The van der Waals surface area contributed by atoms with Crippen molar-refractivity contribution in [2.45, 2.75) is 17.3 Å². The predicted octanol–water partition coefficient (Wildman–Crippen LogP) is 3.06. The smallest absolute Gasteiger partial charge is 0.252 e. The summed E-state index contributed by atoms with van der Waals surface area (Å²) in [5.41, 5.74) is 6.56. The molecule has 0 saturated carbocycles. The third kappa shape index (κ3) is 2.20. The quantitative estimate of drug-likeness (QED) is 0.838. The lowest BCUT2D eigenvalue weighted by Crippen LogP contribution is -2.36. The van der Waals surface area contributed by atoms with Crippen molar-refractivity contribution >= 4 is 46.5 Å². The summed E-state index contributed by atoms with van der Waals surface area (Å²) in [6.07, 6.45) is 3.41. The fourth-order valence-electron chi connectivity index (χ4n) is 2.60. The number of halogens is 3. The van der Waals surface area contributed by atoms with E-state index in [1.807, 2.05) is 0 Å². The fraction of sp³-hybridized carbons (Fsp3) is 0.214. The number of Topliss-reactive ketones (excluding diaryl/α,β-unsaturated/α-hetero) is 1. The van der Waals surface area contributed by atoms with E-state index >= 15 is 0 Å². The van der Waals surface area contributed by atoms with Gasteiger partial charge in [0.05, 0.1) is 16.3 Å². The average molecular weight is 359 g/mol. The first kappa shape index (κ1) is 15.3. The summed E-state index contributed by atoms with van der Waals surface area (Å²) in [5.74, 6) is -1.38. The number of hydrogen-bond acceptors (Lipinski definition) is 3. The lowest BCUT2D eigenvalue weighted by Gasteiger charge is -2.26. The number of rotatable bonds is 2. The minimum Gasteiger partial charge on any atom is -0.365 e. The van der Waals surface area contributed by atoms with Gasteiger partial charge in [0.1, 0.15) is 5.69 Å². The molecule has 0 saturated heterocycles. The van der Waals surface area contributed by atoms with Gasteiger partial charge in [-0.3, -0.25) is 14.6 Å². The molecule has 5 nitrogen and oxygen atoms in total. The summed E-state index contributed by atoms with van der Waals surface area (Å²) in [6, 6.07) is 3.51. The maximum Gasteiger partial charge on any atom is 0.252 e. The summed E-state index contributed by atoms with van der Waals surface area (Å²) in [7, 11) is 0. The van der Waals surface area contributed by atoms with Crippen LogP contribution in [0.15, 0.2) is 24.5 Å². The van der Waals surface area contributed by atoms with E-state index in [0.717, 1.165) is 0 Å². The van der Waals surface area contributed by atoms with Crippen LogP contribution in [-0.4, -0.2) is 25.6 Å². The molecule has 2 aromatic rings. The van der Waals surface area contributed by atoms with Gasteiger partial charge in [0.2, 0.25) is 5.78 Å². The highest BCUT2D eigenvalue weighted by atomic mass is 35.5. The average Bonchev–Trinajstić information content (AvgIpc) is 2.77. The first-order valence-corrected chi connectivity index (χ1v) is 7.53. The molecular weight excluding hydrogens is 349 g/mol. The highest BCUT2D eigenvalue weighted by Crippen LogP contribution is 2.43. The Labute approximate surface area is 141 Å². The number of fused-ring (bicyclic) bond motifs is 1. The third-order valence-corrected chi connectivity index (χ3v) is 4.67. The number of carbonyl (C=O) groups is 2. The lowest BCUT2D eigenvalue weighted by molar-refractivity contribution is 0.0926. The molecule has 0 aromatic carbocycles. The fourth-order valence-corrected chi connectivity index (χ4v) is 3.34. The van der Waals surface area contributed by atoms with E-state index in [0.29, 0.717) is 17.8 Å².